The van der Waals surface area contributed by atoms with E-state index in [9.17, 15) is 9.59 Å². The molecule has 1 aromatic heterocycles. The Hall–Kier alpha value is -2.41. The number of H-pyrrole nitrogens is 1. The Labute approximate surface area is 128 Å². The zero-order valence-electron chi connectivity index (χ0n) is 12.5. The van der Waals surface area contributed by atoms with Gasteiger partial charge in [0, 0.05) is 37.3 Å². The van der Waals surface area contributed by atoms with Crippen LogP contribution in [0.25, 0.3) is 10.9 Å². The maximum atomic E-state index is 12.2. The standard InChI is InChI=1S/C15H19N5O2/c1-2-19-5-7-20(8-6-19)15(22)14(21)17-12-4-3-11-10-16-18-13(11)9-12/h3-4,9-10H,2,5-8H2,1H3,(H,16,18)(H,17,21). The second kappa shape index (κ2) is 6.15. The van der Waals surface area contributed by atoms with Crippen LogP contribution < -0.4 is 5.32 Å². The molecule has 22 heavy (non-hydrogen) atoms. The summed E-state index contributed by atoms with van der Waals surface area (Å²) in [7, 11) is 0. The third-order valence-electron chi connectivity index (χ3n) is 4.00. The lowest BCUT2D eigenvalue weighted by atomic mass is 10.2. The number of aromatic nitrogens is 2. The molecular weight excluding hydrogens is 282 g/mol. The number of carbonyl (C=O) groups is 2. The van der Waals surface area contributed by atoms with Crippen LogP contribution >= 0.6 is 0 Å². The first-order chi connectivity index (χ1) is 10.7. The number of aromatic amines is 1. The molecule has 0 atom stereocenters. The minimum Gasteiger partial charge on any atom is -0.332 e. The molecule has 2 amide bonds. The Bertz CT molecular complexity index is 688. The fourth-order valence-corrected chi connectivity index (χ4v) is 2.61. The molecule has 0 radical (unpaired) electrons. The van der Waals surface area contributed by atoms with Gasteiger partial charge in [-0.2, -0.15) is 5.10 Å². The first-order valence-corrected chi connectivity index (χ1v) is 7.43. The summed E-state index contributed by atoms with van der Waals surface area (Å²) in [5.74, 6) is -1.07. The van der Waals surface area contributed by atoms with E-state index in [0.717, 1.165) is 30.5 Å². The molecule has 0 unspecified atom stereocenters. The molecule has 0 aliphatic carbocycles. The zero-order chi connectivity index (χ0) is 15.5. The van der Waals surface area contributed by atoms with Crippen molar-refractivity contribution in [3.8, 4) is 0 Å². The molecule has 1 aliphatic heterocycles. The van der Waals surface area contributed by atoms with Crippen LogP contribution in [0.15, 0.2) is 24.4 Å². The number of amides is 2. The van der Waals surface area contributed by atoms with Gasteiger partial charge in [0.15, 0.2) is 0 Å². The van der Waals surface area contributed by atoms with Gasteiger partial charge < -0.3 is 15.1 Å². The zero-order valence-corrected chi connectivity index (χ0v) is 12.5. The van der Waals surface area contributed by atoms with Crippen molar-refractivity contribution in [1.29, 1.82) is 0 Å². The van der Waals surface area contributed by atoms with E-state index < -0.39 is 11.8 Å². The fourth-order valence-electron chi connectivity index (χ4n) is 2.61. The van der Waals surface area contributed by atoms with E-state index in [2.05, 4.69) is 27.3 Å². The van der Waals surface area contributed by atoms with Crippen LogP contribution in [0.2, 0.25) is 0 Å². The molecule has 2 heterocycles. The number of hydrogen-bond acceptors (Lipinski definition) is 4. The van der Waals surface area contributed by atoms with Crippen LogP contribution in [0.3, 0.4) is 0 Å². The third kappa shape index (κ3) is 2.94. The van der Waals surface area contributed by atoms with Gasteiger partial charge in [-0.05, 0) is 24.7 Å². The van der Waals surface area contributed by atoms with Crippen LogP contribution in [-0.2, 0) is 9.59 Å². The topological polar surface area (TPSA) is 81.3 Å². The van der Waals surface area contributed by atoms with E-state index in [1.807, 2.05) is 6.07 Å². The van der Waals surface area contributed by atoms with Crippen LogP contribution in [0, 0.1) is 0 Å². The number of likely N-dealkylation sites (N-methyl/N-ethyl adjacent to an activating group) is 1. The highest BCUT2D eigenvalue weighted by atomic mass is 16.2. The van der Waals surface area contributed by atoms with Crippen molar-refractivity contribution < 1.29 is 9.59 Å². The molecule has 1 fully saturated rings. The molecule has 1 saturated heterocycles. The van der Waals surface area contributed by atoms with E-state index in [-0.39, 0.29) is 0 Å². The summed E-state index contributed by atoms with van der Waals surface area (Å²) in [6.45, 7) is 5.89. The number of benzene rings is 1. The normalized spacial score (nSPS) is 16.0. The number of fused-ring (bicyclic) bond motifs is 1. The highest BCUT2D eigenvalue weighted by Gasteiger charge is 2.25. The first-order valence-electron chi connectivity index (χ1n) is 7.43. The third-order valence-corrected chi connectivity index (χ3v) is 4.00. The van der Waals surface area contributed by atoms with Gasteiger partial charge in [-0.1, -0.05) is 6.92 Å². The van der Waals surface area contributed by atoms with Crippen molar-refractivity contribution >= 4 is 28.4 Å². The van der Waals surface area contributed by atoms with Crippen molar-refractivity contribution in [2.24, 2.45) is 0 Å². The Kier molecular flexibility index (Phi) is 4.06. The average molecular weight is 301 g/mol. The van der Waals surface area contributed by atoms with E-state index in [0.29, 0.717) is 18.8 Å². The molecule has 0 bridgehead atoms. The van der Waals surface area contributed by atoms with E-state index >= 15 is 0 Å². The predicted octanol–water partition coefficient (Wildman–Crippen LogP) is 0.665. The van der Waals surface area contributed by atoms with E-state index in [1.54, 1.807) is 23.2 Å². The van der Waals surface area contributed by atoms with Gasteiger partial charge in [0.25, 0.3) is 0 Å². The fraction of sp³-hybridized carbons (Fsp3) is 0.400. The SMILES string of the molecule is CCN1CCN(C(=O)C(=O)Nc2ccc3cn[nH]c3c2)CC1. The Balaban J connectivity index is 1.62. The highest BCUT2D eigenvalue weighted by Crippen LogP contribution is 2.16. The van der Waals surface area contributed by atoms with Crippen molar-refractivity contribution in [3.63, 3.8) is 0 Å². The molecule has 7 nitrogen and oxygen atoms in total. The minimum atomic E-state index is -0.594. The predicted molar refractivity (Wildman–Crippen MR) is 83.4 cm³/mol. The lowest BCUT2D eigenvalue weighted by molar-refractivity contribution is -0.144. The molecule has 116 valence electrons. The molecule has 2 N–H and O–H groups in total. The number of hydrogen-bond donors (Lipinski definition) is 2. The smallest absolute Gasteiger partial charge is 0.313 e. The molecule has 3 rings (SSSR count). The maximum absolute atomic E-state index is 12.2. The number of anilines is 1. The second-order valence-electron chi connectivity index (χ2n) is 5.35. The lowest BCUT2D eigenvalue weighted by Gasteiger charge is -2.33. The first kappa shape index (κ1) is 14.5. The maximum Gasteiger partial charge on any atom is 0.313 e. The lowest BCUT2D eigenvalue weighted by Crippen LogP contribution is -2.51. The van der Waals surface area contributed by atoms with Crippen molar-refractivity contribution in [3.05, 3.63) is 24.4 Å². The number of rotatable bonds is 2. The number of carbonyl (C=O) groups excluding carboxylic acids is 2. The van der Waals surface area contributed by atoms with Gasteiger partial charge in [-0.3, -0.25) is 14.7 Å². The second-order valence-corrected chi connectivity index (χ2v) is 5.35. The van der Waals surface area contributed by atoms with E-state index in [4.69, 9.17) is 0 Å². The Morgan fingerprint density at radius 1 is 1.27 bits per heavy atom. The molecule has 0 saturated carbocycles. The molecular formula is C15H19N5O2. The largest absolute Gasteiger partial charge is 0.332 e. The summed E-state index contributed by atoms with van der Waals surface area (Å²) < 4.78 is 0. The van der Waals surface area contributed by atoms with Crippen LogP contribution in [0.4, 0.5) is 5.69 Å². The monoisotopic (exact) mass is 301 g/mol. The number of piperazine rings is 1. The summed E-state index contributed by atoms with van der Waals surface area (Å²) in [4.78, 5) is 28.1. The minimum absolute atomic E-state index is 0.472. The molecule has 1 aromatic carbocycles. The van der Waals surface area contributed by atoms with Gasteiger partial charge in [0.2, 0.25) is 0 Å². The van der Waals surface area contributed by atoms with Gasteiger partial charge in [-0.15, -0.1) is 0 Å². The highest BCUT2D eigenvalue weighted by molar-refractivity contribution is 6.39. The Morgan fingerprint density at radius 2 is 2.05 bits per heavy atom. The molecule has 1 aliphatic rings. The van der Waals surface area contributed by atoms with Crippen molar-refractivity contribution in [2.45, 2.75) is 6.92 Å². The van der Waals surface area contributed by atoms with Gasteiger partial charge in [-0.25, -0.2) is 0 Å². The molecule has 0 spiro atoms. The van der Waals surface area contributed by atoms with Crippen molar-refractivity contribution in [1.82, 2.24) is 20.0 Å². The van der Waals surface area contributed by atoms with Gasteiger partial charge in [0.1, 0.15) is 0 Å². The average Bonchev–Trinajstić information content (AvgIpc) is 3.02. The summed E-state index contributed by atoms with van der Waals surface area (Å²) in [6, 6.07) is 5.37. The molecule has 2 aromatic rings. The summed E-state index contributed by atoms with van der Waals surface area (Å²) in [6.07, 6.45) is 1.71. The summed E-state index contributed by atoms with van der Waals surface area (Å²) >= 11 is 0. The van der Waals surface area contributed by atoms with E-state index in [1.165, 1.54) is 0 Å². The number of nitrogens with zero attached hydrogens (tertiary/aromatic N) is 3. The van der Waals surface area contributed by atoms with Crippen LogP contribution in [-0.4, -0.2) is 64.5 Å². The summed E-state index contributed by atoms with van der Waals surface area (Å²) in [5.41, 5.74) is 1.41. The summed E-state index contributed by atoms with van der Waals surface area (Å²) in [5, 5.41) is 10.4. The quantitative estimate of drug-likeness (QED) is 0.799. The van der Waals surface area contributed by atoms with Crippen LogP contribution in [0.1, 0.15) is 6.92 Å². The Morgan fingerprint density at radius 3 is 2.77 bits per heavy atom. The van der Waals surface area contributed by atoms with Gasteiger partial charge >= 0.3 is 11.8 Å². The van der Waals surface area contributed by atoms with Gasteiger partial charge in [0.05, 0.1) is 11.7 Å². The molecule has 7 heteroatoms. The van der Waals surface area contributed by atoms with Crippen LogP contribution in [0.5, 0.6) is 0 Å². The van der Waals surface area contributed by atoms with Crippen molar-refractivity contribution in [2.75, 3.05) is 38.0 Å². The number of nitrogens with one attached hydrogen (secondary N) is 2.